The molecule has 1 aromatic carbocycles. The smallest absolute Gasteiger partial charge is 0.298 e. The highest BCUT2D eigenvalue weighted by molar-refractivity contribution is 6.03. The average Bonchev–Trinajstić information content (AvgIpc) is 2.69. The van der Waals surface area contributed by atoms with Crippen LogP contribution in [0.15, 0.2) is 35.0 Å². The third-order valence-corrected chi connectivity index (χ3v) is 3.67. The van der Waals surface area contributed by atoms with Crippen LogP contribution in [0.25, 0.3) is 0 Å². The molecule has 1 aliphatic rings. The monoisotopic (exact) mass is 313 g/mol. The Labute approximate surface area is 125 Å². The largest absolute Gasteiger partial charge is 0.433 e. The van der Waals surface area contributed by atoms with Crippen molar-refractivity contribution in [3.8, 4) is 0 Å². The second kappa shape index (κ2) is 6.42. The normalized spacial score (nSPS) is 19.2. The van der Waals surface area contributed by atoms with E-state index in [1.165, 1.54) is 12.1 Å². The highest BCUT2D eigenvalue weighted by atomic mass is 19.4. The van der Waals surface area contributed by atoms with E-state index in [1.54, 1.807) is 0 Å². The van der Waals surface area contributed by atoms with Crippen LogP contribution in [-0.4, -0.2) is 18.2 Å². The Morgan fingerprint density at radius 3 is 2.64 bits per heavy atom. The van der Waals surface area contributed by atoms with E-state index in [2.05, 4.69) is 4.99 Å². The molecule has 0 bridgehead atoms. The SMILES string of the molecule is CC[C@H]1CCC=C(C(F)(F)F)N=C1c1ccc(C=O)cc1F. The summed E-state index contributed by atoms with van der Waals surface area (Å²) in [6.45, 7) is 1.83. The summed E-state index contributed by atoms with van der Waals surface area (Å²) in [5, 5.41) is 0. The standard InChI is InChI=1S/C16H15F4NO/c1-2-11-4-3-5-14(16(18,19)20)21-15(11)12-7-6-10(9-22)8-13(12)17/h5-9,11H,2-4H2,1H3/t11-/m0/s1. The first kappa shape index (κ1) is 16.4. The number of alkyl halides is 3. The summed E-state index contributed by atoms with van der Waals surface area (Å²) < 4.78 is 53.0. The molecule has 1 aromatic rings. The average molecular weight is 313 g/mol. The van der Waals surface area contributed by atoms with Crippen molar-refractivity contribution in [1.82, 2.24) is 0 Å². The van der Waals surface area contributed by atoms with Gasteiger partial charge in [0.2, 0.25) is 0 Å². The van der Waals surface area contributed by atoms with Crippen molar-refractivity contribution < 1.29 is 22.4 Å². The molecule has 0 aliphatic carbocycles. The fourth-order valence-electron chi connectivity index (χ4n) is 2.49. The van der Waals surface area contributed by atoms with Gasteiger partial charge < -0.3 is 0 Å². The van der Waals surface area contributed by atoms with Gasteiger partial charge in [0.05, 0.1) is 5.71 Å². The van der Waals surface area contributed by atoms with Crippen LogP contribution in [0.3, 0.4) is 0 Å². The third-order valence-electron chi connectivity index (χ3n) is 3.67. The van der Waals surface area contributed by atoms with Crippen LogP contribution in [0.2, 0.25) is 0 Å². The molecule has 118 valence electrons. The van der Waals surface area contributed by atoms with Crippen LogP contribution in [0.5, 0.6) is 0 Å². The lowest BCUT2D eigenvalue weighted by Gasteiger charge is -2.17. The summed E-state index contributed by atoms with van der Waals surface area (Å²) in [6.07, 6.45) is -1.74. The molecule has 2 rings (SSSR count). The predicted octanol–water partition coefficient (Wildman–Crippen LogP) is 4.69. The van der Waals surface area contributed by atoms with Gasteiger partial charge in [-0.15, -0.1) is 0 Å². The van der Waals surface area contributed by atoms with Gasteiger partial charge in [0.15, 0.2) is 0 Å². The first-order chi connectivity index (χ1) is 10.4. The Hall–Kier alpha value is -1.98. The van der Waals surface area contributed by atoms with Gasteiger partial charge in [0, 0.05) is 17.0 Å². The molecule has 0 radical (unpaired) electrons. The zero-order valence-electron chi connectivity index (χ0n) is 12.0. The van der Waals surface area contributed by atoms with Crippen molar-refractivity contribution in [2.24, 2.45) is 10.9 Å². The Balaban J connectivity index is 2.54. The van der Waals surface area contributed by atoms with E-state index >= 15 is 0 Å². The van der Waals surface area contributed by atoms with E-state index in [9.17, 15) is 22.4 Å². The van der Waals surface area contributed by atoms with E-state index in [4.69, 9.17) is 0 Å². The fourth-order valence-corrected chi connectivity index (χ4v) is 2.49. The summed E-state index contributed by atoms with van der Waals surface area (Å²) in [6, 6.07) is 3.71. The number of carbonyl (C=O) groups excluding carboxylic acids is 1. The maximum absolute atomic E-state index is 14.1. The lowest BCUT2D eigenvalue weighted by molar-refractivity contribution is -0.0925. The lowest BCUT2D eigenvalue weighted by Crippen LogP contribution is -2.18. The Kier molecular flexibility index (Phi) is 4.78. The van der Waals surface area contributed by atoms with Crippen LogP contribution < -0.4 is 0 Å². The molecular formula is C16H15F4NO. The topological polar surface area (TPSA) is 29.4 Å². The lowest BCUT2D eigenvalue weighted by atomic mass is 9.90. The minimum atomic E-state index is -4.56. The Bertz CT molecular complexity index is 632. The maximum Gasteiger partial charge on any atom is 0.433 e. The van der Waals surface area contributed by atoms with Crippen molar-refractivity contribution in [2.75, 3.05) is 0 Å². The number of aliphatic imine (C=N–C) groups is 1. The van der Waals surface area contributed by atoms with Gasteiger partial charge in [-0.25, -0.2) is 9.38 Å². The number of aldehydes is 1. The Morgan fingerprint density at radius 2 is 2.09 bits per heavy atom. The van der Waals surface area contributed by atoms with Crippen molar-refractivity contribution in [3.63, 3.8) is 0 Å². The van der Waals surface area contributed by atoms with Crippen molar-refractivity contribution in [1.29, 1.82) is 0 Å². The minimum absolute atomic E-state index is 0.0227. The second-order valence-electron chi connectivity index (χ2n) is 5.12. The number of carbonyl (C=O) groups is 1. The molecule has 1 heterocycles. The molecule has 0 saturated carbocycles. The third kappa shape index (κ3) is 3.43. The van der Waals surface area contributed by atoms with Gasteiger partial charge in [-0.05, 0) is 31.4 Å². The number of hydrogen-bond acceptors (Lipinski definition) is 2. The van der Waals surface area contributed by atoms with Gasteiger partial charge in [0.1, 0.15) is 17.8 Å². The molecule has 2 nitrogen and oxygen atoms in total. The summed E-state index contributed by atoms with van der Waals surface area (Å²) in [4.78, 5) is 14.4. The molecule has 0 amide bonds. The first-order valence-electron chi connectivity index (χ1n) is 6.97. The molecule has 6 heteroatoms. The fraction of sp³-hybridized carbons (Fsp3) is 0.375. The summed E-state index contributed by atoms with van der Waals surface area (Å²) in [7, 11) is 0. The van der Waals surface area contributed by atoms with Gasteiger partial charge in [-0.2, -0.15) is 13.2 Å². The predicted molar refractivity (Wildman–Crippen MR) is 75.5 cm³/mol. The molecule has 22 heavy (non-hydrogen) atoms. The number of rotatable bonds is 3. The van der Waals surface area contributed by atoms with Gasteiger partial charge >= 0.3 is 6.18 Å². The van der Waals surface area contributed by atoms with Gasteiger partial charge in [-0.3, -0.25) is 4.79 Å². The van der Waals surface area contributed by atoms with Crippen LogP contribution in [0, 0.1) is 11.7 Å². The minimum Gasteiger partial charge on any atom is -0.298 e. The number of benzene rings is 1. The molecule has 1 atom stereocenters. The summed E-state index contributed by atoms with van der Waals surface area (Å²) >= 11 is 0. The zero-order chi connectivity index (χ0) is 16.3. The highest BCUT2D eigenvalue weighted by Gasteiger charge is 2.36. The van der Waals surface area contributed by atoms with E-state index < -0.39 is 17.7 Å². The molecule has 0 fully saturated rings. The first-order valence-corrected chi connectivity index (χ1v) is 6.97. The molecular weight excluding hydrogens is 298 g/mol. The molecule has 0 unspecified atom stereocenters. The quantitative estimate of drug-likeness (QED) is 0.588. The van der Waals surface area contributed by atoms with Crippen LogP contribution in [-0.2, 0) is 0 Å². The maximum atomic E-state index is 14.1. The highest BCUT2D eigenvalue weighted by Crippen LogP contribution is 2.33. The van der Waals surface area contributed by atoms with Crippen molar-refractivity contribution >= 4 is 12.0 Å². The van der Waals surface area contributed by atoms with E-state index in [0.717, 1.165) is 12.1 Å². The molecule has 0 saturated heterocycles. The van der Waals surface area contributed by atoms with Crippen molar-refractivity contribution in [3.05, 3.63) is 46.9 Å². The van der Waals surface area contributed by atoms with Gasteiger partial charge in [0.25, 0.3) is 0 Å². The van der Waals surface area contributed by atoms with Crippen LogP contribution in [0.1, 0.15) is 42.1 Å². The number of hydrogen-bond donors (Lipinski definition) is 0. The van der Waals surface area contributed by atoms with Crippen LogP contribution >= 0.6 is 0 Å². The van der Waals surface area contributed by atoms with E-state index in [1.807, 2.05) is 6.92 Å². The molecule has 0 spiro atoms. The number of allylic oxidation sites excluding steroid dienone is 2. The summed E-state index contributed by atoms with van der Waals surface area (Å²) in [5.74, 6) is -0.988. The van der Waals surface area contributed by atoms with Crippen LogP contribution in [0.4, 0.5) is 17.6 Å². The number of nitrogens with zero attached hydrogens (tertiary/aromatic N) is 1. The zero-order valence-corrected chi connectivity index (χ0v) is 12.0. The second-order valence-corrected chi connectivity index (χ2v) is 5.12. The van der Waals surface area contributed by atoms with Crippen molar-refractivity contribution in [2.45, 2.75) is 32.4 Å². The van der Waals surface area contributed by atoms with E-state index in [-0.39, 0.29) is 29.2 Å². The van der Waals surface area contributed by atoms with Gasteiger partial charge in [-0.1, -0.05) is 19.1 Å². The Morgan fingerprint density at radius 1 is 1.36 bits per heavy atom. The number of halogens is 4. The molecule has 1 aliphatic heterocycles. The van der Waals surface area contributed by atoms with E-state index in [0.29, 0.717) is 19.1 Å². The molecule has 0 aromatic heterocycles. The summed E-state index contributed by atoms with van der Waals surface area (Å²) in [5.41, 5.74) is -0.736. The molecule has 0 N–H and O–H groups in total.